The number of anilines is 2. The van der Waals surface area contributed by atoms with Crippen molar-refractivity contribution in [2.45, 2.75) is 72.0 Å². The molecular formula is C49H63ClF3N6O8PS3. The highest BCUT2D eigenvalue weighted by molar-refractivity contribution is 7.99. The van der Waals surface area contributed by atoms with E-state index in [1.54, 1.807) is 24.3 Å². The standard InChI is InChI=1S/C49H63ClF3N6O8PS3/c1-48(2)20-18-44(36-8-12-39(50)13-9-36)38(33-48)34-58-26-28-59(29-27-58)41-14-10-37(11-15-41)47(60)55-71(66,67)43-16-17-45(46(32-43)70(64,65)49(51,52)53)54-40(35-69-42-6-4-3-5-7-42)19-21-56-22-24-57(25-23-56)30-31-68(61,62)63/h3-17,32,40,47,54-55,60H,18-31,33-35H2,1-2H3,(H2,61,62,63)/t40-,47?/m1/s1. The Hall–Kier alpha value is -3.50. The summed E-state index contributed by atoms with van der Waals surface area (Å²) in [5.74, 6) is 0.310. The minimum atomic E-state index is -6.10. The van der Waals surface area contributed by atoms with E-state index >= 15 is 0 Å². The van der Waals surface area contributed by atoms with Gasteiger partial charge in [0.15, 0.2) is 0 Å². The summed E-state index contributed by atoms with van der Waals surface area (Å²) in [7, 11) is -15.0. The van der Waals surface area contributed by atoms with Crippen LogP contribution >= 0.6 is 31.0 Å². The summed E-state index contributed by atoms with van der Waals surface area (Å²) in [4.78, 5) is 26.1. The summed E-state index contributed by atoms with van der Waals surface area (Å²) >= 11 is 7.61. The van der Waals surface area contributed by atoms with Crippen molar-refractivity contribution in [2.24, 2.45) is 5.41 Å². The Labute approximate surface area is 424 Å². The average molecular weight is 1080 g/mol. The molecule has 2 aliphatic heterocycles. The second kappa shape index (κ2) is 23.4. The number of nitrogens with zero attached hydrogens (tertiary/aromatic N) is 4. The van der Waals surface area contributed by atoms with Crippen LogP contribution in [0.5, 0.6) is 0 Å². The molecule has 22 heteroatoms. The van der Waals surface area contributed by atoms with Crippen molar-refractivity contribution in [1.29, 1.82) is 0 Å². The van der Waals surface area contributed by atoms with Gasteiger partial charge in [0.05, 0.1) is 16.7 Å². The number of piperazine rings is 2. The smallest absolute Gasteiger partial charge is 0.380 e. The zero-order chi connectivity index (χ0) is 51.2. The van der Waals surface area contributed by atoms with E-state index in [2.05, 4.69) is 50.7 Å². The van der Waals surface area contributed by atoms with Gasteiger partial charge < -0.3 is 34.9 Å². The number of aliphatic hydroxyl groups is 1. The summed E-state index contributed by atoms with van der Waals surface area (Å²) in [6.45, 7) is 11.6. The Morgan fingerprint density at radius 1 is 0.817 bits per heavy atom. The van der Waals surface area contributed by atoms with Crippen LogP contribution in [0.2, 0.25) is 5.02 Å². The van der Waals surface area contributed by atoms with Crippen LogP contribution in [-0.2, 0) is 24.4 Å². The van der Waals surface area contributed by atoms with Gasteiger partial charge in [0.2, 0.25) is 10.0 Å². The third kappa shape index (κ3) is 15.3. The fourth-order valence-corrected chi connectivity index (χ4v) is 13.0. The molecule has 5 N–H and O–H groups in total. The van der Waals surface area contributed by atoms with Gasteiger partial charge in [-0.15, -0.1) is 11.8 Å². The molecule has 2 atom stereocenters. The molecule has 14 nitrogen and oxygen atoms in total. The molecule has 0 radical (unpaired) electrons. The Morgan fingerprint density at radius 3 is 2.06 bits per heavy atom. The Bertz CT molecular complexity index is 2740. The summed E-state index contributed by atoms with van der Waals surface area (Å²) in [5.41, 5.74) is -0.907. The summed E-state index contributed by atoms with van der Waals surface area (Å²) in [5, 5.41) is 14.8. The van der Waals surface area contributed by atoms with Crippen LogP contribution in [0.15, 0.2) is 117 Å². The first-order chi connectivity index (χ1) is 33.4. The zero-order valence-electron chi connectivity index (χ0n) is 39.8. The van der Waals surface area contributed by atoms with Crippen molar-refractivity contribution in [3.05, 3.63) is 119 Å². The number of hydrogen-bond donors (Lipinski definition) is 5. The molecule has 7 rings (SSSR count). The van der Waals surface area contributed by atoms with Crippen LogP contribution < -0.4 is 14.9 Å². The van der Waals surface area contributed by atoms with Gasteiger partial charge in [-0.1, -0.05) is 73.5 Å². The van der Waals surface area contributed by atoms with E-state index in [0.29, 0.717) is 56.0 Å². The normalized spacial score (nSPS) is 18.9. The lowest BCUT2D eigenvalue weighted by atomic mass is 9.73. The van der Waals surface area contributed by atoms with Gasteiger partial charge in [-0.2, -0.15) is 17.9 Å². The summed E-state index contributed by atoms with van der Waals surface area (Å²) < 4.78 is 110. The number of allylic oxidation sites excluding steroid dienone is 1. The number of halogens is 4. The maximum absolute atomic E-state index is 14.3. The lowest BCUT2D eigenvalue weighted by molar-refractivity contribution is -0.0435. The number of thioether (sulfide) groups is 1. The van der Waals surface area contributed by atoms with Crippen LogP contribution in [0, 0.1) is 5.41 Å². The number of hydrogen-bond acceptors (Lipinski definition) is 12. The molecule has 0 spiro atoms. The third-order valence-corrected chi connectivity index (χ3v) is 18.5. The van der Waals surface area contributed by atoms with E-state index in [9.17, 15) is 49.5 Å². The number of sulfone groups is 1. The molecule has 388 valence electrons. The molecule has 0 aromatic heterocycles. The molecule has 1 unspecified atom stereocenters. The van der Waals surface area contributed by atoms with Crippen molar-refractivity contribution in [1.82, 2.24) is 19.4 Å². The first kappa shape index (κ1) is 55.3. The highest BCUT2D eigenvalue weighted by Gasteiger charge is 2.48. The number of nitrogens with one attached hydrogen (secondary N) is 2. The van der Waals surface area contributed by atoms with Crippen molar-refractivity contribution >= 4 is 67.8 Å². The molecule has 1 aliphatic carbocycles. The van der Waals surface area contributed by atoms with Crippen LogP contribution in [0.1, 0.15) is 56.9 Å². The zero-order valence-corrected chi connectivity index (χ0v) is 43.9. The minimum absolute atomic E-state index is 0.167. The number of alkyl halides is 3. The van der Waals surface area contributed by atoms with Crippen molar-refractivity contribution in [2.75, 3.05) is 94.1 Å². The van der Waals surface area contributed by atoms with Crippen LogP contribution in [-0.4, -0.2) is 142 Å². The molecule has 71 heavy (non-hydrogen) atoms. The monoisotopic (exact) mass is 1080 g/mol. The molecule has 4 aromatic carbocycles. The van der Waals surface area contributed by atoms with E-state index in [1.807, 2.05) is 47.4 Å². The van der Waals surface area contributed by atoms with Crippen molar-refractivity contribution in [3.8, 4) is 0 Å². The largest absolute Gasteiger partial charge is 0.501 e. The van der Waals surface area contributed by atoms with E-state index in [-0.39, 0.29) is 23.7 Å². The van der Waals surface area contributed by atoms with Gasteiger partial charge >= 0.3 is 13.1 Å². The molecule has 2 saturated heterocycles. The maximum Gasteiger partial charge on any atom is 0.501 e. The number of rotatable bonds is 20. The fraction of sp³-hybridized carbons (Fsp3) is 0.469. The molecule has 3 aliphatic rings. The Kier molecular flexibility index (Phi) is 18.2. The quantitative estimate of drug-likeness (QED) is 0.0325. The van der Waals surface area contributed by atoms with Gasteiger partial charge in [-0.25, -0.2) is 16.8 Å². The molecular weight excluding hydrogens is 1020 g/mol. The Morgan fingerprint density at radius 2 is 1.44 bits per heavy atom. The minimum Gasteiger partial charge on any atom is -0.380 e. The predicted octanol–water partition coefficient (Wildman–Crippen LogP) is 8.15. The maximum atomic E-state index is 14.3. The molecule has 2 heterocycles. The Balaban J connectivity index is 1.01. The molecule has 4 aromatic rings. The first-order valence-electron chi connectivity index (χ1n) is 23.6. The third-order valence-electron chi connectivity index (χ3n) is 13.4. The number of aliphatic hydroxyl groups excluding tert-OH is 1. The van der Waals surface area contributed by atoms with Crippen molar-refractivity contribution < 1.29 is 49.5 Å². The van der Waals surface area contributed by atoms with Crippen LogP contribution in [0.3, 0.4) is 0 Å². The van der Waals surface area contributed by atoms with Crippen molar-refractivity contribution in [3.63, 3.8) is 0 Å². The molecule has 2 fully saturated rings. The molecule has 0 saturated carbocycles. The van der Waals surface area contributed by atoms with E-state index < -0.39 is 60.7 Å². The summed E-state index contributed by atoms with van der Waals surface area (Å²) in [6, 6.07) is 25.8. The predicted molar refractivity (Wildman–Crippen MR) is 275 cm³/mol. The average Bonchev–Trinajstić information content (AvgIpc) is 3.32. The number of benzene rings is 4. The van der Waals surface area contributed by atoms with E-state index in [4.69, 9.17) is 11.6 Å². The summed E-state index contributed by atoms with van der Waals surface area (Å²) in [6.07, 6.45) is 1.43. The SMILES string of the molecule is CC1(C)CCC(c2ccc(Cl)cc2)=C(CN2CCN(c3ccc(C(O)NS(=O)(=O)c4ccc(N[C@H](CCN5CCN(CCP(=O)(O)O)CC5)CSc5ccccc5)c(S(=O)(=O)C(F)(F)F)c4)cc3)CC2)C1. The van der Waals surface area contributed by atoms with E-state index in [1.165, 1.54) is 28.5 Å². The fourth-order valence-electron chi connectivity index (χ4n) is 9.26. The van der Waals surface area contributed by atoms with E-state index in [0.717, 1.165) is 74.7 Å². The van der Waals surface area contributed by atoms with Gasteiger partial charge in [0.1, 0.15) is 11.1 Å². The van der Waals surface area contributed by atoms with Gasteiger partial charge in [-0.3, -0.25) is 9.46 Å². The van der Waals surface area contributed by atoms with Gasteiger partial charge in [0, 0.05) is 99.4 Å². The van der Waals surface area contributed by atoms with Crippen LogP contribution in [0.25, 0.3) is 5.57 Å². The van der Waals surface area contributed by atoms with Crippen LogP contribution in [0.4, 0.5) is 24.5 Å². The second-order valence-corrected chi connectivity index (χ2v) is 26.2. The molecule has 0 bridgehead atoms. The number of sulfonamides is 1. The van der Waals surface area contributed by atoms with Gasteiger partial charge in [0.25, 0.3) is 9.84 Å². The second-order valence-electron chi connectivity index (χ2n) is 19.2. The van der Waals surface area contributed by atoms with Gasteiger partial charge in [-0.05, 0) is 102 Å². The topological polar surface area (TPSA) is 183 Å². The lowest BCUT2D eigenvalue weighted by Crippen LogP contribution is -2.48. The molecule has 0 amide bonds. The highest BCUT2D eigenvalue weighted by atomic mass is 35.5. The highest BCUT2D eigenvalue weighted by Crippen LogP contribution is 2.43. The first-order valence-corrected chi connectivity index (χ1v) is 29.7. The lowest BCUT2D eigenvalue weighted by Gasteiger charge is -2.39.